The number of hydrogen-bond acceptors (Lipinski definition) is 3. The molecule has 3 saturated heterocycles. The van der Waals surface area contributed by atoms with E-state index in [-0.39, 0.29) is 0 Å². The third kappa shape index (κ3) is 1.31. The minimum Gasteiger partial charge on any atom is -0.380 e. The molecule has 0 aromatic heterocycles. The molecule has 0 amide bonds. The van der Waals surface area contributed by atoms with Crippen LogP contribution in [0.25, 0.3) is 0 Å². The zero-order valence-corrected chi connectivity index (χ0v) is 10.5. The van der Waals surface area contributed by atoms with Gasteiger partial charge in [0.25, 0.3) is 0 Å². The first-order valence-electron chi connectivity index (χ1n) is 6.22. The van der Waals surface area contributed by atoms with Gasteiger partial charge in [-0.25, -0.2) is 0 Å². The highest BCUT2D eigenvalue weighted by Crippen LogP contribution is 2.58. The molecule has 0 radical (unpaired) electrons. The van der Waals surface area contributed by atoms with Gasteiger partial charge in [0.2, 0.25) is 0 Å². The Morgan fingerprint density at radius 3 is 1.00 bits per heavy atom. The van der Waals surface area contributed by atoms with Gasteiger partial charge in [-0.1, -0.05) is 20.8 Å². The second kappa shape index (κ2) is 3.21. The summed E-state index contributed by atoms with van der Waals surface area (Å²) in [6.45, 7) is 12.5. The van der Waals surface area contributed by atoms with Crippen LogP contribution in [0.15, 0.2) is 0 Å². The summed E-state index contributed by atoms with van der Waals surface area (Å²) in [5.74, 6) is 0.656. The number of hydrogen-bond donors (Lipinski definition) is 0. The number of rotatable bonds is 3. The summed E-state index contributed by atoms with van der Waals surface area (Å²) in [6, 6.07) is 0. The van der Waals surface area contributed by atoms with Gasteiger partial charge in [0.15, 0.2) is 0 Å². The highest BCUT2D eigenvalue weighted by Gasteiger charge is 2.61. The summed E-state index contributed by atoms with van der Waals surface area (Å²) in [5.41, 5.74) is 0.991. The van der Waals surface area contributed by atoms with Crippen molar-refractivity contribution in [2.75, 3.05) is 39.6 Å². The lowest BCUT2D eigenvalue weighted by Crippen LogP contribution is -2.66. The molecule has 3 heterocycles. The van der Waals surface area contributed by atoms with E-state index in [0.717, 1.165) is 39.6 Å². The van der Waals surface area contributed by atoms with Gasteiger partial charge in [-0.2, -0.15) is 0 Å². The van der Waals surface area contributed by atoms with E-state index in [2.05, 4.69) is 20.8 Å². The monoisotopic (exact) mass is 226 g/mol. The Labute approximate surface area is 97.4 Å². The average molecular weight is 226 g/mol. The highest BCUT2D eigenvalue weighted by atomic mass is 16.5. The smallest absolute Gasteiger partial charge is 0.0545 e. The fourth-order valence-electron chi connectivity index (χ4n) is 4.30. The van der Waals surface area contributed by atoms with Crippen molar-refractivity contribution in [3.8, 4) is 0 Å². The molecule has 0 atom stereocenters. The maximum Gasteiger partial charge on any atom is 0.0545 e. The van der Waals surface area contributed by atoms with Crippen molar-refractivity contribution in [1.82, 2.24) is 0 Å². The minimum absolute atomic E-state index is 0.330. The van der Waals surface area contributed by atoms with Crippen LogP contribution in [0.1, 0.15) is 20.8 Å². The lowest BCUT2D eigenvalue weighted by molar-refractivity contribution is -0.287. The molecule has 0 bridgehead atoms. The summed E-state index contributed by atoms with van der Waals surface area (Å²) in [4.78, 5) is 0. The first kappa shape index (κ1) is 11.0. The maximum atomic E-state index is 5.46. The molecular weight excluding hydrogens is 204 g/mol. The minimum atomic E-state index is 0.330. The van der Waals surface area contributed by atoms with Gasteiger partial charge in [0.05, 0.1) is 39.6 Å². The molecule has 3 rings (SSSR count). The van der Waals surface area contributed by atoms with Crippen molar-refractivity contribution in [2.45, 2.75) is 20.8 Å². The van der Waals surface area contributed by atoms with Gasteiger partial charge >= 0.3 is 0 Å². The van der Waals surface area contributed by atoms with E-state index < -0.39 is 0 Å². The normalized spacial score (nSPS) is 33.8. The van der Waals surface area contributed by atoms with Gasteiger partial charge in [-0.3, -0.25) is 0 Å². The summed E-state index contributed by atoms with van der Waals surface area (Å²) < 4.78 is 16.4. The van der Waals surface area contributed by atoms with Crippen molar-refractivity contribution < 1.29 is 14.2 Å². The second-order valence-electron chi connectivity index (χ2n) is 6.87. The Morgan fingerprint density at radius 2 is 0.875 bits per heavy atom. The van der Waals surface area contributed by atoms with E-state index in [1.54, 1.807) is 0 Å². The Kier molecular flexibility index (Phi) is 2.21. The average Bonchev–Trinajstić information content (AvgIpc) is 2.10. The Balaban J connectivity index is 1.88. The SMILES string of the molecule is CC1(C(C2(C)COC2)C2(C)COC2)COC1. The maximum absolute atomic E-state index is 5.46. The summed E-state index contributed by atoms with van der Waals surface area (Å²) in [5, 5.41) is 0. The van der Waals surface area contributed by atoms with Gasteiger partial charge in [0, 0.05) is 16.2 Å². The van der Waals surface area contributed by atoms with Gasteiger partial charge in [-0.05, 0) is 5.92 Å². The van der Waals surface area contributed by atoms with Gasteiger partial charge in [0.1, 0.15) is 0 Å². The quantitative estimate of drug-likeness (QED) is 0.733. The molecule has 92 valence electrons. The van der Waals surface area contributed by atoms with E-state index in [9.17, 15) is 0 Å². The van der Waals surface area contributed by atoms with Crippen LogP contribution < -0.4 is 0 Å². The van der Waals surface area contributed by atoms with Crippen LogP contribution in [-0.4, -0.2) is 39.6 Å². The molecule has 3 heteroatoms. The Morgan fingerprint density at radius 1 is 0.625 bits per heavy atom. The van der Waals surface area contributed by atoms with Crippen LogP contribution in [0, 0.1) is 22.2 Å². The largest absolute Gasteiger partial charge is 0.380 e. The third-order valence-electron chi connectivity index (χ3n) is 4.68. The zero-order chi connectivity index (χ0) is 11.4. The fourth-order valence-corrected chi connectivity index (χ4v) is 4.30. The van der Waals surface area contributed by atoms with Gasteiger partial charge < -0.3 is 14.2 Å². The highest BCUT2D eigenvalue weighted by molar-refractivity contribution is 5.08. The van der Waals surface area contributed by atoms with Crippen molar-refractivity contribution in [2.24, 2.45) is 22.2 Å². The molecule has 0 aromatic rings. The molecule has 0 unspecified atom stereocenters. The van der Waals surface area contributed by atoms with E-state index >= 15 is 0 Å². The standard InChI is InChI=1S/C13H22O3/c1-11(4-14-5-11)10(12(2)6-15-7-12)13(3)8-16-9-13/h10H,4-9H2,1-3H3. The van der Waals surface area contributed by atoms with Crippen LogP contribution >= 0.6 is 0 Å². The first-order chi connectivity index (χ1) is 7.49. The molecule has 3 fully saturated rings. The molecule has 16 heavy (non-hydrogen) atoms. The Bertz CT molecular complexity index is 240. The molecule has 0 spiro atoms. The van der Waals surface area contributed by atoms with Crippen LogP contribution in [0.3, 0.4) is 0 Å². The predicted molar refractivity (Wildman–Crippen MR) is 60.3 cm³/mol. The van der Waals surface area contributed by atoms with Crippen molar-refractivity contribution in [3.63, 3.8) is 0 Å². The lowest BCUT2D eigenvalue weighted by Gasteiger charge is -2.63. The molecule has 3 aliphatic rings. The van der Waals surface area contributed by atoms with E-state index in [4.69, 9.17) is 14.2 Å². The Hall–Kier alpha value is -0.120. The predicted octanol–water partition coefficient (Wildman–Crippen LogP) is 1.71. The van der Waals surface area contributed by atoms with Crippen LogP contribution in [-0.2, 0) is 14.2 Å². The van der Waals surface area contributed by atoms with Crippen LogP contribution in [0.4, 0.5) is 0 Å². The summed E-state index contributed by atoms with van der Waals surface area (Å²) in [7, 11) is 0. The van der Waals surface area contributed by atoms with Crippen molar-refractivity contribution in [3.05, 3.63) is 0 Å². The van der Waals surface area contributed by atoms with Crippen LogP contribution in [0.5, 0.6) is 0 Å². The fraction of sp³-hybridized carbons (Fsp3) is 1.00. The summed E-state index contributed by atoms with van der Waals surface area (Å²) in [6.07, 6.45) is 0. The van der Waals surface area contributed by atoms with Crippen LogP contribution in [0.2, 0.25) is 0 Å². The van der Waals surface area contributed by atoms with E-state index in [1.807, 2.05) is 0 Å². The van der Waals surface area contributed by atoms with E-state index in [0.29, 0.717) is 22.2 Å². The molecule has 0 saturated carbocycles. The topological polar surface area (TPSA) is 27.7 Å². The van der Waals surface area contributed by atoms with E-state index in [1.165, 1.54) is 0 Å². The molecule has 3 aliphatic heterocycles. The van der Waals surface area contributed by atoms with Crippen molar-refractivity contribution in [1.29, 1.82) is 0 Å². The zero-order valence-electron chi connectivity index (χ0n) is 10.5. The summed E-state index contributed by atoms with van der Waals surface area (Å²) >= 11 is 0. The number of ether oxygens (including phenoxy) is 3. The first-order valence-corrected chi connectivity index (χ1v) is 6.22. The third-order valence-corrected chi connectivity index (χ3v) is 4.68. The molecule has 3 nitrogen and oxygen atoms in total. The molecule has 0 aromatic carbocycles. The van der Waals surface area contributed by atoms with Gasteiger partial charge in [-0.15, -0.1) is 0 Å². The second-order valence-corrected chi connectivity index (χ2v) is 6.87. The van der Waals surface area contributed by atoms with Crippen molar-refractivity contribution >= 4 is 0 Å². The molecule has 0 N–H and O–H groups in total. The lowest BCUT2D eigenvalue weighted by atomic mass is 9.51. The molecular formula is C13H22O3. The molecule has 0 aliphatic carbocycles.